The van der Waals surface area contributed by atoms with Gasteiger partial charge in [0.05, 0.1) is 18.0 Å². The van der Waals surface area contributed by atoms with Gasteiger partial charge >= 0.3 is 0 Å². The molecule has 1 unspecified atom stereocenters. The molecule has 0 saturated carbocycles. The summed E-state index contributed by atoms with van der Waals surface area (Å²) >= 11 is 2.80. The predicted molar refractivity (Wildman–Crippen MR) is 82.6 cm³/mol. The van der Waals surface area contributed by atoms with Gasteiger partial charge in [0.15, 0.2) is 5.16 Å². The molecule has 1 amide bonds. The molecular weight excluding hydrogens is 306 g/mol. The van der Waals surface area contributed by atoms with Crippen molar-refractivity contribution in [3.05, 3.63) is 34.2 Å². The highest BCUT2D eigenvalue weighted by Crippen LogP contribution is 2.21. The van der Waals surface area contributed by atoms with Crippen molar-refractivity contribution in [1.29, 1.82) is 5.26 Å². The highest BCUT2D eigenvalue weighted by Gasteiger charge is 2.16. The minimum absolute atomic E-state index is 0.0973. The molecule has 21 heavy (non-hydrogen) atoms. The Kier molecular flexibility index (Phi) is 5.14. The van der Waals surface area contributed by atoms with Crippen molar-refractivity contribution in [3.63, 3.8) is 0 Å². The molecule has 6 nitrogen and oxygen atoms in total. The fourth-order valence-corrected chi connectivity index (χ4v) is 2.88. The first kappa shape index (κ1) is 15.3. The lowest BCUT2D eigenvalue weighted by molar-refractivity contribution is -0.120. The fourth-order valence-electron chi connectivity index (χ4n) is 1.46. The molecule has 0 spiro atoms. The summed E-state index contributed by atoms with van der Waals surface area (Å²) in [5.41, 5.74) is 5.85. The molecule has 2 rings (SSSR count). The number of rotatable bonds is 5. The standard InChI is InChI=1S/C13H13N5OS2/c1-8(12(19)16-7-10-3-2-4-20-10)21-13-17-6-9(5-14)11(15)18-13/h2-4,6,8H,7H2,1H3,(H,16,19)(H2,15,17,18). The molecule has 1 atom stereocenters. The summed E-state index contributed by atoms with van der Waals surface area (Å²) in [6.07, 6.45) is 1.36. The van der Waals surface area contributed by atoms with Gasteiger partial charge in [-0.15, -0.1) is 11.3 Å². The van der Waals surface area contributed by atoms with Crippen molar-refractivity contribution in [1.82, 2.24) is 15.3 Å². The number of nitrogens with one attached hydrogen (secondary N) is 1. The number of nitrogens with two attached hydrogens (primary N) is 1. The second-order valence-electron chi connectivity index (χ2n) is 4.12. The molecule has 3 N–H and O–H groups in total. The van der Waals surface area contributed by atoms with E-state index in [0.717, 1.165) is 4.88 Å². The molecule has 108 valence electrons. The van der Waals surface area contributed by atoms with Crippen LogP contribution < -0.4 is 11.1 Å². The SMILES string of the molecule is CC(Sc1ncc(C#N)c(N)n1)C(=O)NCc1cccs1. The van der Waals surface area contributed by atoms with Crippen molar-refractivity contribution >= 4 is 34.8 Å². The number of nitriles is 1. The van der Waals surface area contributed by atoms with E-state index in [1.807, 2.05) is 23.6 Å². The zero-order valence-corrected chi connectivity index (χ0v) is 12.9. The molecule has 0 bridgehead atoms. The first-order valence-corrected chi connectivity index (χ1v) is 7.85. The summed E-state index contributed by atoms with van der Waals surface area (Å²) in [4.78, 5) is 21.1. The van der Waals surface area contributed by atoms with Crippen LogP contribution in [0.5, 0.6) is 0 Å². The van der Waals surface area contributed by atoms with E-state index in [0.29, 0.717) is 11.7 Å². The summed E-state index contributed by atoms with van der Waals surface area (Å²) in [6, 6.07) is 5.80. The van der Waals surface area contributed by atoms with E-state index in [1.54, 1.807) is 18.3 Å². The minimum atomic E-state index is -0.350. The molecule has 2 aromatic rings. The molecule has 0 aromatic carbocycles. The van der Waals surface area contributed by atoms with Crippen molar-refractivity contribution in [2.75, 3.05) is 5.73 Å². The number of carbonyl (C=O) groups is 1. The Balaban J connectivity index is 1.91. The molecule has 0 aliphatic carbocycles. The van der Waals surface area contributed by atoms with Gasteiger partial charge in [-0.1, -0.05) is 17.8 Å². The van der Waals surface area contributed by atoms with E-state index in [9.17, 15) is 4.79 Å². The third kappa shape index (κ3) is 4.18. The van der Waals surface area contributed by atoms with Gasteiger partial charge in [0, 0.05) is 4.88 Å². The lowest BCUT2D eigenvalue weighted by Crippen LogP contribution is -2.30. The van der Waals surface area contributed by atoms with Crippen LogP contribution in [-0.4, -0.2) is 21.1 Å². The molecule has 0 aliphatic heterocycles. The van der Waals surface area contributed by atoms with Crippen LogP contribution in [0, 0.1) is 11.3 Å². The first-order valence-electron chi connectivity index (χ1n) is 6.09. The van der Waals surface area contributed by atoms with E-state index in [1.165, 1.54) is 18.0 Å². The normalized spacial score (nSPS) is 11.6. The van der Waals surface area contributed by atoms with Gasteiger partial charge in [-0.3, -0.25) is 4.79 Å². The Morgan fingerprint density at radius 2 is 2.48 bits per heavy atom. The predicted octanol–water partition coefficient (Wildman–Crippen LogP) is 1.79. The van der Waals surface area contributed by atoms with Crippen LogP contribution >= 0.6 is 23.1 Å². The van der Waals surface area contributed by atoms with Gasteiger partial charge in [0.2, 0.25) is 5.91 Å². The number of carbonyl (C=O) groups excluding carboxylic acids is 1. The summed E-state index contributed by atoms with van der Waals surface area (Å²) in [5, 5.41) is 13.6. The van der Waals surface area contributed by atoms with Crippen LogP contribution in [0.1, 0.15) is 17.4 Å². The smallest absolute Gasteiger partial charge is 0.233 e. The summed E-state index contributed by atoms with van der Waals surface area (Å²) < 4.78 is 0. The van der Waals surface area contributed by atoms with Crippen molar-refractivity contribution < 1.29 is 4.79 Å². The second-order valence-corrected chi connectivity index (χ2v) is 6.46. The maximum Gasteiger partial charge on any atom is 0.233 e. The summed E-state index contributed by atoms with van der Waals surface area (Å²) in [6.45, 7) is 2.28. The molecule has 0 saturated heterocycles. The maximum absolute atomic E-state index is 12.0. The fraction of sp³-hybridized carbons (Fsp3) is 0.231. The monoisotopic (exact) mass is 319 g/mol. The molecule has 0 aliphatic rings. The number of thiophene rings is 1. The van der Waals surface area contributed by atoms with Gasteiger partial charge in [-0.2, -0.15) is 5.26 Å². The van der Waals surface area contributed by atoms with Gasteiger partial charge in [0.25, 0.3) is 0 Å². The molecule has 2 heterocycles. The Hall–Kier alpha value is -2.11. The quantitative estimate of drug-likeness (QED) is 0.643. The van der Waals surface area contributed by atoms with Crippen molar-refractivity contribution in [2.24, 2.45) is 0 Å². The van der Waals surface area contributed by atoms with Crippen LogP contribution in [-0.2, 0) is 11.3 Å². The van der Waals surface area contributed by atoms with E-state index in [4.69, 9.17) is 11.0 Å². The number of amides is 1. The molecule has 0 fully saturated rings. The summed E-state index contributed by atoms with van der Waals surface area (Å²) in [7, 11) is 0. The molecular formula is C13H13N5OS2. The minimum Gasteiger partial charge on any atom is -0.382 e. The van der Waals surface area contributed by atoms with Gasteiger partial charge in [-0.25, -0.2) is 9.97 Å². The number of hydrogen-bond donors (Lipinski definition) is 2. The summed E-state index contributed by atoms with van der Waals surface area (Å²) in [5.74, 6) is 0.0288. The van der Waals surface area contributed by atoms with Gasteiger partial charge in [0.1, 0.15) is 17.5 Å². The van der Waals surface area contributed by atoms with E-state index < -0.39 is 0 Å². The molecule has 0 radical (unpaired) electrons. The van der Waals surface area contributed by atoms with Crippen LogP contribution in [0.4, 0.5) is 5.82 Å². The van der Waals surface area contributed by atoms with Crippen LogP contribution in [0.2, 0.25) is 0 Å². The van der Waals surface area contributed by atoms with Gasteiger partial charge < -0.3 is 11.1 Å². The zero-order valence-electron chi connectivity index (χ0n) is 11.2. The average Bonchev–Trinajstić information content (AvgIpc) is 2.98. The Morgan fingerprint density at radius 3 is 3.10 bits per heavy atom. The van der Waals surface area contributed by atoms with Crippen LogP contribution in [0.25, 0.3) is 0 Å². The highest BCUT2D eigenvalue weighted by molar-refractivity contribution is 8.00. The lowest BCUT2D eigenvalue weighted by atomic mass is 10.3. The first-order chi connectivity index (χ1) is 10.1. The second kappa shape index (κ2) is 7.06. The maximum atomic E-state index is 12.0. The lowest BCUT2D eigenvalue weighted by Gasteiger charge is -2.10. The van der Waals surface area contributed by atoms with Crippen LogP contribution in [0.3, 0.4) is 0 Å². The third-order valence-corrected chi connectivity index (χ3v) is 4.44. The van der Waals surface area contributed by atoms with E-state index in [2.05, 4.69) is 15.3 Å². The van der Waals surface area contributed by atoms with E-state index >= 15 is 0 Å². The zero-order chi connectivity index (χ0) is 15.2. The Labute approximate surface area is 130 Å². The third-order valence-electron chi connectivity index (χ3n) is 2.58. The Morgan fingerprint density at radius 1 is 1.67 bits per heavy atom. The number of hydrogen-bond acceptors (Lipinski definition) is 7. The molecule has 8 heteroatoms. The topological polar surface area (TPSA) is 105 Å². The number of aromatic nitrogens is 2. The van der Waals surface area contributed by atoms with Crippen LogP contribution in [0.15, 0.2) is 28.9 Å². The average molecular weight is 319 g/mol. The van der Waals surface area contributed by atoms with Gasteiger partial charge in [-0.05, 0) is 18.4 Å². The van der Waals surface area contributed by atoms with E-state index in [-0.39, 0.29) is 22.5 Å². The number of nitrogen functional groups attached to an aromatic ring is 1. The Bertz CT molecular complexity index is 666. The number of nitrogens with zero attached hydrogens (tertiary/aromatic N) is 3. The molecule has 2 aromatic heterocycles. The number of anilines is 1. The highest BCUT2D eigenvalue weighted by atomic mass is 32.2. The number of thioether (sulfide) groups is 1. The largest absolute Gasteiger partial charge is 0.382 e. The van der Waals surface area contributed by atoms with Crippen molar-refractivity contribution in [2.45, 2.75) is 23.9 Å². The van der Waals surface area contributed by atoms with Crippen molar-refractivity contribution in [3.8, 4) is 6.07 Å².